The zero-order valence-corrected chi connectivity index (χ0v) is 7.44. The Morgan fingerprint density at radius 1 is 1.46 bits per heavy atom. The first-order chi connectivity index (χ1) is 6.42. The first kappa shape index (κ1) is 7.97. The Labute approximate surface area is 76.5 Å². The predicted octanol–water partition coefficient (Wildman–Crippen LogP) is 0.0208. The molecule has 1 aliphatic rings. The molecular formula is C8H11N5. The van der Waals surface area contributed by atoms with Gasteiger partial charge >= 0.3 is 0 Å². The highest BCUT2D eigenvalue weighted by atomic mass is 15.5. The Morgan fingerprint density at radius 3 is 2.92 bits per heavy atom. The van der Waals surface area contributed by atoms with Crippen LogP contribution in [0.3, 0.4) is 0 Å². The molecule has 5 nitrogen and oxygen atoms in total. The number of aromatic nitrogens is 2. The molecule has 1 aromatic heterocycles. The van der Waals surface area contributed by atoms with Gasteiger partial charge in [-0.25, -0.2) is 9.97 Å². The summed E-state index contributed by atoms with van der Waals surface area (Å²) in [5.41, 5.74) is 3.88. The van der Waals surface area contributed by atoms with Crippen molar-refractivity contribution in [3.8, 4) is 0 Å². The van der Waals surface area contributed by atoms with Gasteiger partial charge in [0.15, 0.2) is 5.84 Å². The lowest BCUT2D eigenvalue weighted by Crippen LogP contribution is -2.29. The fourth-order valence-electron chi connectivity index (χ4n) is 1.26. The molecule has 1 N–H and O–H groups in total. The number of hydrogen-bond donors (Lipinski definition) is 1. The molecule has 0 aromatic carbocycles. The third-order valence-corrected chi connectivity index (χ3v) is 1.95. The quantitative estimate of drug-likeness (QED) is 0.692. The minimum Gasteiger partial charge on any atom is -0.336 e. The molecule has 0 aliphatic carbocycles. The van der Waals surface area contributed by atoms with Crippen LogP contribution < -0.4 is 5.43 Å². The van der Waals surface area contributed by atoms with Gasteiger partial charge in [-0.3, -0.25) is 5.43 Å². The fraction of sp³-hybridized carbons (Fsp3) is 0.375. The molecule has 68 valence electrons. The second-order valence-electron chi connectivity index (χ2n) is 2.73. The lowest BCUT2D eigenvalue weighted by Gasteiger charge is -2.15. The van der Waals surface area contributed by atoms with Crippen LogP contribution in [0.5, 0.6) is 0 Å². The summed E-state index contributed by atoms with van der Waals surface area (Å²) in [6, 6.07) is 0. The van der Waals surface area contributed by atoms with Gasteiger partial charge in [0.05, 0.1) is 5.56 Å². The average molecular weight is 177 g/mol. The molecule has 1 aromatic rings. The Balaban J connectivity index is 2.26. The normalized spacial score (nSPS) is 15.5. The van der Waals surface area contributed by atoms with E-state index in [0.29, 0.717) is 0 Å². The molecule has 0 fully saturated rings. The van der Waals surface area contributed by atoms with Crippen LogP contribution in [0.4, 0.5) is 0 Å². The van der Waals surface area contributed by atoms with Crippen LogP contribution in [0.25, 0.3) is 0 Å². The molecule has 0 radical (unpaired) electrons. The topological polar surface area (TPSA) is 53.4 Å². The van der Waals surface area contributed by atoms with E-state index in [2.05, 4.69) is 32.3 Å². The standard InChI is InChI=1S/C8H11N5/c1-2-13-6-11-12-8(13)7-3-9-5-10-4-7/h3-5,11H,2,6H2,1H3. The van der Waals surface area contributed by atoms with E-state index in [0.717, 1.165) is 24.6 Å². The van der Waals surface area contributed by atoms with Crippen LogP contribution in [-0.4, -0.2) is 33.9 Å². The molecule has 0 amide bonds. The van der Waals surface area contributed by atoms with Gasteiger partial charge < -0.3 is 4.90 Å². The van der Waals surface area contributed by atoms with E-state index in [9.17, 15) is 0 Å². The average Bonchev–Trinajstić information content (AvgIpc) is 2.67. The van der Waals surface area contributed by atoms with E-state index in [4.69, 9.17) is 0 Å². The lowest BCUT2D eigenvalue weighted by atomic mass is 10.3. The highest BCUT2D eigenvalue weighted by Gasteiger charge is 2.16. The van der Waals surface area contributed by atoms with Crippen molar-refractivity contribution in [1.82, 2.24) is 20.3 Å². The maximum Gasteiger partial charge on any atom is 0.160 e. The van der Waals surface area contributed by atoms with Crippen LogP contribution in [-0.2, 0) is 0 Å². The van der Waals surface area contributed by atoms with Gasteiger partial charge in [0.2, 0.25) is 0 Å². The van der Waals surface area contributed by atoms with Crippen LogP contribution in [0.15, 0.2) is 23.8 Å². The van der Waals surface area contributed by atoms with Crippen molar-refractivity contribution in [2.75, 3.05) is 13.2 Å². The minimum atomic E-state index is 0.765. The first-order valence-corrected chi connectivity index (χ1v) is 4.22. The van der Waals surface area contributed by atoms with Crippen molar-refractivity contribution in [3.05, 3.63) is 24.3 Å². The summed E-state index contributed by atoms with van der Waals surface area (Å²) in [6.07, 6.45) is 5.05. The monoisotopic (exact) mass is 177 g/mol. The number of nitrogens with one attached hydrogen (secondary N) is 1. The number of rotatable bonds is 2. The number of nitrogens with zero attached hydrogens (tertiary/aromatic N) is 4. The largest absolute Gasteiger partial charge is 0.336 e. The van der Waals surface area contributed by atoms with Crippen molar-refractivity contribution in [2.24, 2.45) is 5.10 Å². The molecule has 0 saturated carbocycles. The number of hydrazone groups is 1. The van der Waals surface area contributed by atoms with Gasteiger partial charge in [-0.05, 0) is 6.92 Å². The zero-order chi connectivity index (χ0) is 9.10. The van der Waals surface area contributed by atoms with E-state index in [1.54, 1.807) is 12.4 Å². The molecule has 2 rings (SSSR count). The molecule has 5 heteroatoms. The van der Waals surface area contributed by atoms with Crippen molar-refractivity contribution < 1.29 is 0 Å². The van der Waals surface area contributed by atoms with Crippen molar-refractivity contribution in [3.63, 3.8) is 0 Å². The zero-order valence-electron chi connectivity index (χ0n) is 7.44. The van der Waals surface area contributed by atoms with E-state index in [-0.39, 0.29) is 0 Å². The summed E-state index contributed by atoms with van der Waals surface area (Å²) in [5, 5.41) is 4.17. The molecule has 0 atom stereocenters. The smallest absolute Gasteiger partial charge is 0.160 e. The highest BCUT2D eigenvalue weighted by Crippen LogP contribution is 2.05. The Bertz CT molecular complexity index is 308. The van der Waals surface area contributed by atoms with Crippen molar-refractivity contribution in [2.45, 2.75) is 6.92 Å². The van der Waals surface area contributed by atoms with Crippen LogP contribution >= 0.6 is 0 Å². The molecule has 0 spiro atoms. The van der Waals surface area contributed by atoms with Gasteiger partial charge in [0.25, 0.3) is 0 Å². The fourth-order valence-corrected chi connectivity index (χ4v) is 1.26. The Morgan fingerprint density at radius 2 is 2.23 bits per heavy atom. The third kappa shape index (κ3) is 1.44. The summed E-state index contributed by atoms with van der Waals surface area (Å²) in [6.45, 7) is 3.79. The van der Waals surface area contributed by atoms with E-state index in [1.807, 2.05) is 0 Å². The van der Waals surface area contributed by atoms with Crippen LogP contribution in [0.1, 0.15) is 12.5 Å². The lowest BCUT2D eigenvalue weighted by molar-refractivity contribution is 0.447. The SMILES string of the molecule is CCN1CNN=C1c1cncnc1. The molecule has 0 unspecified atom stereocenters. The van der Waals surface area contributed by atoms with Gasteiger partial charge in [-0.15, -0.1) is 0 Å². The summed E-state index contributed by atoms with van der Waals surface area (Å²) in [5.74, 6) is 0.920. The summed E-state index contributed by atoms with van der Waals surface area (Å²) in [4.78, 5) is 10.0. The minimum absolute atomic E-state index is 0.765. The Kier molecular flexibility index (Phi) is 2.08. The molecule has 1 aliphatic heterocycles. The second kappa shape index (κ2) is 3.38. The number of hydrogen-bond acceptors (Lipinski definition) is 5. The summed E-state index contributed by atoms with van der Waals surface area (Å²) >= 11 is 0. The van der Waals surface area contributed by atoms with Gasteiger partial charge in [-0.2, -0.15) is 5.10 Å². The predicted molar refractivity (Wildman–Crippen MR) is 49.0 cm³/mol. The van der Waals surface area contributed by atoms with E-state index >= 15 is 0 Å². The third-order valence-electron chi connectivity index (χ3n) is 1.95. The molecule has 0 bridgehead atoms. The first-order valence-electron chi connectivity index (χ1n) is 4.22. The Hall–Kier alpha value is -1.65. The molecule has 2 heterocycles. The van der Waals surface area contributed by atoms with Gasteiger partial charge in [0, 0.05) is 18.9 Å². The van der Waals surface area contributed by atoms with E-state index in [1.165, 1.54) is 6.33 Å². The van der Waals surface area contributed by atoms with Gasteiger partial charge in [-0.1, -0.05) is 0 Å². The van der Waals surface area contributed by atoms with Crippen molar-refractivity contribution in [1.29, 1.82) is 0 Å². The highest BCUT2D eigenvalue weighted by molar-refractivity contribution is 5.98. The van der Waals surface area contributed by atoms with E-state index < -0.39 is 0 Å². The maximum absolute atomic E-state index is 4.17. The molecule has 0 saturated heterocycles. The molecular weight excluding hydrogens is 166 g/mol. The maximum atomic E-state index is 4.17. The second-order valence-corrected chi connectivity index (χ2v) is 2.73. The van der Waals surface area contributed by atoms with Crippen LogP contribution in [0, 0.1) is 0 Å². The van der Waals surface area contributed by atoms with Gasteiger partial charge in [0.1, 0.15) is 13.0 Å². The van der Waals surface area contributed by atoms with Crippen molar-refractivity contribution >= 4 is 5.84 Å². The molecule has 13 heavy (non-hydrogen) atoms. The summed E-state index contributed by atoms with van der Waals surface area (Å²) in [7, 11) is 0. The number of amidine groups is 1. The van der Waals surface area contributed by atoms with Crippen LogP contribution in [0.2, 0.25) is 0 Å². The summed E-state index contributed by atoms with van der Waals surface area (Å²) < 4.78 is 0.